The molecule has 15 aromatic rings. The summed E-state index contributed by atoms with van der Waals surface area (Å²) in [5.41, 5.74) is 11.1. The molecule has 5 aromatic heterocycles. The second-order valence-electron chi connectivity index (χ2n) is 18.7. The zero-order valence-corrected chi connectivity index (χ0v) is 40.3. The van der Waals surface area contributed by atoms with Gasteiger partial charge in [-0.25, -0.2) is 4.99 Å². The fraction of sp³-hybridized carbons (Fsp3) is 0.0317. The van der Waals surface area contributed by atoms with E-state index in [0.717, 1.165) is 38.9 Å². The standard InChI is InChI=1S/C63H38N4OS3/c1-5-17-49-40(11-1)41-12-2-6-18-50(41)67(49)38-26-30-55-48(34-38)59-39(15-9-21-56(59)70-55)35-25-29-54-47(31-35)60-46(16-10-22-57(60)69-54)63-65-61(36-23-27-43-42-13-3-7-19-51(42)68-52(43)32-36)64-62(66-63)37-24-28-45-44-14-4-8-20-53(44)71-58(45)33-37/h1-34,62-63,66H,(H,64,65). The Morgan fingerprint density at radius 2 is 1.04 bits per heavy atom. The van der Waals surface area contributed by atoms with Crippen molar-refractivity contribution in [2.24, 2.45) is 4.99 Å². The van der Waals surface area contributed by atoms with Crippen molar-refractivity contribution < 1.29 is 4.42 Å². The number of benzene rings is 10. The molecular weight excluding hydrogens is 925 g/mol. The minimum absolute atomic E-state index is 0.259. The van der Waals surface area contributed by atoms with Gasteiger partial charge in [0.1, 0.15) is 29.3 Å². The average molecular weight is 963 g/mol. The number of furan rings is 1. The summed E-state index contributed by atoms with van der Waals surface area (Å²) >= 11 is 5.57. The first-order chi connectivity index (χ1) is 35.1. The van der Waals surface area contributed by atoms with E-state index in [1.54, 1.807) is 0 Å². The zero-order chi connectivity index (χ0) is 46.3. The van der Waals surface area contributed by atoms with Crippen LogP contribution in [0.4, 0.5) is 0 Å². The Hall–Kier alpha value is -8.11. The Bertz CT molecular complexity index is 4700. The molecule has 0 amide bonds. The van der Waals surface area contributed by atoms with Gasteiger partial charge in [-0.15, -0.1) is 34.0 Å². The van der Waals surface area contributed by atoms with E-state index in [0.29, 0.717) is 0 Å². The SMILES string of the molecule is c1ccc2c(c1)oc1cc(C3=NC(c4ccc5c(c4)sc4ccccc45)NC(c4cccc5sc6ccc(-c7cccc8sc9ccc(-n%10c%11ccccc%11c%11ccccc%11%10)cc9c78)cc6c45)N3)ccc12. The summed E-state index contributed by atoms with van der Waals surface area (Å²) in [4.78, 5) is 5.46. The van der Waals surface area contributed by atoms with E-state index in [2.05, 4.69) is 209 Å². The number of hydrogen-bond donors (Lipinski definition) is 2. The van der Waals surface area contributed by atoms with Gasteiger partial charge >= 0.3 is 0 Å². The molecule has 1 aliphatic heterocycles. The molecule has 0 saturated carbocycles. The van der Waals surface area contributed by atoms with Gasteiger partial charge in [0.25, 0.3) is 0 Å². The highest BCUT2D eigenvalue weighted by Gasteiger charge is 2.29. The van der Waals surface area contributed by atoms with Crippen LogP contribution in [0.2, 0.25) is 0 Å². The number of nitrogens with zero attached hydrogens (tertiary/aromatic N) is 2. The van der Waals surface area contributed by atoms with Crippen molar-refractivity contribution in [3.63, 3.8) is 0 Å². The lowest BCUT2D eigenvalue weighted by Crippen LogP contribution is -2.45. The molecule has 2 atom stereocenters. The molecule has 1 aliphatic rings. The summed E-state index contributed by atoms with van der Waals surface area (Å²) in [6, 6.07) is 75.5. The van der Waals surface area contributed by atoms with Crippen molar-refractivity contribution in [1.82, 2.24) is 15.2 Å². The van der Waals surface area contributed by atoms with Gasteiger partial charge in [0.15, 0.2) is 0 Å². The van der Waals surface area contributed by atoms with Crippen molar-refractivity contribution in [2.75, 3.05) is 0 Å². The van der Waals surface area contributed by atoms with E-state index in [1.165, 1.54) is 105 Å². The number of aliphatic imine (C=N–C) groups is 1. The predicted molar refractivity (Wildman–Crippen MR) is 303 cm³/mol. The second-order valence-corrected chi connectivity index (χ2v) is 21.9. The Kier molecular flexibility index (Phi) is 8.50. The Morgan fingerprint density at radius 3 is 1.89 bits per heavy atom. The van der Waals surface area contributed by atoms with Crippen molar-refractivity contribution in [2.45, 2.75) is 12.3 Å². The van der Waals surface area contributed by atoms with Crippen LogP contribution in [0.5, 0.6) is 0 Å². The number of amidine groups is 1. The molecule has 8 heteroatoms. The third-order valence-corrected chi connectivity index (χ3v) is 18.1. The van der Waals surface area contributed by atoms with Crippen molar-refractivity contribution in [3.8, 4) is 16.8 Å². The maximum absolute atomic E-state index is 6.43. The predicted octanol–water partition coefficient (Wildman–Crippen LogP) is 17.8. The van der Waals surface area contributed by atoms with E-state index in [9.17, 15) is 0 Å². The molecule has 0 fully saturated rings. The van der Waals surface area contributed by atoms with Crippen LogP contribution >= 0.6 is 34.0 Å². The van der Waals surface area contributed by atoms with Gasteiger partial charge in [-0.05, 0) is 107 Å². The normalized spacial score (nSPS) is 15.5. The van der Waals surface area contributed by atoms with E-state index in [1.807, 2.05) is 46.1 Å². The minimum Gasteiger partial charge on any atom is -0.456 e. The molecule has 0 saturated heterocycles. The fourth-order valence-corrected chi connectivity index (χ4v) is 14.9. The van der Waals surface area contributed by atoms with E-state index < -0.39 is 0 Å². The van der Waals surface area contributed by atoms with Crippen LogP contribution in [0.25, 0.3) is 121 Å². The summed E-state index contributed by atoms with van der Waals surface area (Å²) < 4.78 is 16.5. The highest BCUT2D eigenvalue weighted by Crippen LogP contribution is 2.46. The van der Waals surface area contributed by atoms with Gasteiger partial charge in [0.05, 0.1) is 11.0 Å². The number of para-hydroxylation sites is 3. The quantitative estimate of drug-likeness (QED) is 0.181. The Balaban J connectivity index is 0.844. The van der Waals surface area contributed by atoms with Crippen LogP contribution in [-0.4, -0.2) is 10.4 Å². The molecule has 71 heavy (non-hydrogen) atoms. The molecule has 0 bridgehead atoms. The Morgan fingerprint density at radius 1 is 0.423 bits per heavy atom. The topological polar surface area (TPSA) is 54.5 Å². The number of hydrogen-bond acceptors (Lipinski definition) is 7. The monoisotopic (exact) mass is 962 g/mol. The number of nitrogens with one attached hydrogen (secondary N) is 2. The molecule has 2 unspecified atom stereocenters. The number of fused-ring (bicyclic) bond motifs is 15. The van der Waals surface area contributed by atoms with Gasteiger partial charge in [0, 0.05) is 93.3 Å². The lowest BCUT2D eigenvalue weighted by atomic mass is 9.96. The fourth-order valence-electron chi connectivity index (χ4n) is 11.5. The van der Waals surface area contributed by atoms with Crippen molar-refractivity contribution in [3.05, 3.63) is 223 Å². The lowest BCUT2D eigenvalue weighted by molar-refractivity contribution is 0.411. The Labute approximate surface area is 418 Å². The van der Waals surface area contributed by atoms with E-state index >= 15 is 0 Å². The molecule has 0 aliphatic carbocycles. The average Bonchev–Trinajstić information content (AvgIpc) is 4.25. The zero-order valence-electron chi connectivity index (χ0n) is 37.8. The number of aromatic nitrogens is 1. The van der Waals surface area contributed by atoms with Crippen LogP contribution in [0.3, 0.4) is 0 Å². The number of thiophene rings is 3. The molecule has 334 valence electrons. The maximum atomic E-state index is 6.43. The third-order valence-electron chi connectivity index (χ3n) is 14.7. The van der Waals surface area contributed by atoms with Gasteiger partial charge in [-0.3, -0.25) is 5.32 Å². The van der Waals surface area contributed by atoms with Crippen LogP contribution in [0.1, 0.15) is 29.0 Å². The third kappa shape index (κ3) is 6.03. The van der Waals surface area contributed by atoms with Crippen LogP contribution in [0.15, 0.2) is 216 Å². The summed E-state index contributed by atoms with van der Waals surface area (Å²) in [6.45, 7) is 0. The second kappa shape index (κ2) is 15.2. The van der Waals surface area contributed by atoms with Crippen LogP contribution < -0.4 is 10.6 Å². The van der Waals surface area contributed by atoms with Crippen molar-refractivity contribution >= 4 is 144 Å². The molecule has 2 N–H and O–H groups in total. The number of rotatable bonds is 5. The minimum atomic E-state index is -0.315. The van der Waals surface area contributed by atoms with Gasteiger partial charge in [-0.2, -0.15) is 0 Å². The van der Waals surface area contributed by atoms with Crippen molar-refractivity contribution in [1.29, 1.82) is 0 Å². The van der Waals surface area contributed by atoms with Gasteiger partial charge < -0.3 is 14.3 Å². The highest BCUT2D eigenvalue weighted by atomic mass is 32.1. The largest absolute Gasteiger partial charge is 0.456 e. The molecule has 0 radical (unpaired) electrons. The molecule has 16 rings (SSSR count). The van der Waals surface area contributed by atoms with Gasteiger partial charge in [0.2, 0.25) is 0 Å². The molecular formula is C63H38N4OS3. The molecule has 10 aromatic carbocycles. The summed E-state index contributed by atoms with van der Waals surface area (Å²) in [5.74, 6) is 0.825. The maximum Gasteiger partial charge on any atom is 0.136 e. The van der Waals surface area contributed by atoms with Crippen LogP contribution in [0, 0.1) is 0 Å². The molecule has 6 heterocycles. The summed E-state index contributed by atoms with van der Waals surface area (Å²) in [7, 11) is 0. The highest BCUT2D eigenvalue weighted by molar-refractivity contribution is 7.26. The lowest BCUT2D eigenvalue weighted by Gasteiger charge is -2.32. The van der Waals surface area contributed by atoms with Gasteiger partial charge in [-0.1, -0.05) is 121 Å². The summed E-state index contributed by atoms with van der Waals surface area (Å²) in [5, 5.41) is 20.3. The van der Waals surface area contributed by atoms with E-state index in [4.69, 9.17) is 9.41 Å². The van der Waals surface area contributed by atoms with E-state index in [-0.39, 0.29) is 12.3 Å². The first kappa shape index (κ1) is 39.7. The molecule has 5 nitrogen and oxygen atoms in total. The first-order valence-corrected chi connectivity index (χ1v) is 26.4. The summed E-state index contributed by atoms with van der Waals surface area (Å²) in [6.07, 6.45) is -0.574. The van der Waals surface area contributed by atoms with Crippen LogP contribution in [-0.2, 0) is 0 Å². The first-order valence-electron chi connectivity index (χ1n) is 24.0. The smallest absolute Gasteiger partial charge is 0.136 e. The molecule has 0 spiro atoms.